The Balaban J connectivity index is 2.06. The predicted molar refractivity (Wildman–Crippen MR) is 89.7 cm³/mol. The van der Waals surface area contributed by atoms with Gasteiger partial charge in [0, 0.05) is 11.1 Å². The lowest BCUT2D eigenvalue weighted by atomic mass is 10.2. The highest BCUT2D eigenvalue weighted by Crippen LogP contribution is 2.29. The fourth-order valence-corrected chi connectivity index (χ4v) is 2.11. The fourth-order valence-electron chi connectivity index (χ4n) is 1.93. The van der Waals surface area contributed by atoms with Crippen LogP contribution in [0.2, 0.25) is 5.02 Å². The maximum Gasteiger partial charge on any atom is 0.265 e. The van der Waals surface area contributed by atoms with E-state index in [1.807, 2.05) is 0 Å². The third kappa shape index (κ3) is 4.53. The van der Waals surface area contributed by atoms with Gasteiger partial charge in [0.1, 0.15) is 17.2 Å². The van der Waals surface area contributed by atoms with Crippen LogP contribution in [-0.2, 0) is 4.79 Å². The van der Waals surface area contributed by atoms with Crippen LogP contribution in [0.4, 0.5) is 5.69 Å². The number of benzene rings is 2. The first kappa shape index (κ1) is 17.0. The molecule has 0 heterocycles. The van der Waals surface area contributed by atoms with Crippen molar-refractivity contribution >= 4 is 23.2 Å². The van der Waals surface area contributed by atoms with Gasteiger partial charge in [-0.05, 0) is 37.3 Å². The lowest BCUT2D eigenvalue weighted by Gasteiger charge is -2.16. The van der Waals surface area contributed by atoms with Gasteiger partial charge in [0.15, 0.2) is 6.10 Å². The Bertz CT molecular complexity index is 690. The zero-order valence-corrected chi connectivity index (χ0v) is 13.9. The van der Waals surface area contributed by atoms with E-state index in [0.29, 0.717) is 28.0 Å². The van der Waals surface area contributed by atoms with E-state index in [-0.39, 0.29) is 5.91 Å². The number of carbonyl (C=O) groups is 1. The van der Waals surface area contributed by atoms with Crippen LogP contribution < -0.4 is 19.5 Å². The molecule has 1 amide bonds. The van der Waals surface area contributed by atoms with E-state index in [1.165, 1.54) is 7.11 Å². The minimum Gasteiger partial charge on any atom is -0.497 e. The van der Waals surface area contributed by atoms with Crippen LogP contribution in [-0.4, -0.2) is 26.2 Å². The summed E-state index contributed by atoms with van der Waals surface area (Å²) in [5.41, 5.74) is 0.542. The molecule has 2 aromatic rings. The molecule has 0 aliphatic heterocycles. The molecule has 0 radical (unpaired) electrons. The Morgan fingerprint density at radius 3 is 2.52 bits per heavy atom. The maximum atomic E-state index is 12.3. The van der Waals surface area contributed by atoms with Crippen molar-refractivity contribution < 1.29 is 19.0 Å². The monoisotopic (exact) mass is 335 g/mol. The number of hydrogen-bond donors (Lipinski definition) is 1. The highest BCUT2D eigenvalue weighted by Gasteiger charge is 2.17. The lowest BCUT2D eigenvalue weighted by molar-refractivity contribution is -0.122. The number of rotatable bonds is 6. The molecule has 0 aromatic heterocycles. The molecular weight excluding hydrogens is 318 g/mol. The molecule has 0 aliphatic rings. The van der Waals surface area contributed by atoms with E-state index in [2.05, 4.69) is 5.32 Å². The molecule has 0 saturated carbocycles. The topological polar surface area (TPSA) is 56.8 Å². The van der Waals surface area contributed by atoms with Crippen LogP contribution >= 0.6 is 11.6 Å². The molecule has 0 bridgehead atoms. The van der Waals surface area contributed by atoms with Gasteiger partial charge >= 0.3 is 0 Å². The largest absolute Gasteiger partial charge is 0.497 e. The smallest absolute Gasteiger partial charge is 0.265 e. The van der Waals surface area contributed by atoms with Crippen LogP contribution in [0.1, 0.15) is 6.92 Å². The Kier molecular flexibility index (Phi) is 5.71. The predicted octanol–water partition coefficient (Wildman–Crippen LogP) is 3.76. The molecule has 122 valence electrons. The molecular formula is C17H18ClNO4. The van der Waals surface area contributed by atoms with Gasteiger partial charge in [-0.1, -0.05) is 17.7 Å². The number of ether oxygens (including phenoxy) is 3. The molecule has 0 fully saturated rings. The summed E-state index contributed by atoms with van der Waals surface area (Å²) >= 11 is 5.90. The summed E-state index contributed by atoms with van der Waals surface area (Å²) in [6.07, 6.45) is -0.694. The van der Waals surface area contributed by atoms with E-state index >= 15 is 0 Å². The SMILES string of the molecule is COc1ccc(NC(=O)[C@@H](C)Oc2cccc(Cl)c2)c(OC)c1. The van der Waals surface area contributed by atoms with Crippen LogP contribution in [0.3, 0.4) is 0 Å². The molecule has 0 unspecified atom stereocenters. The molecule has 2 aromatic carbocycles. The minimum absolute atomic E-state index is 0.298. The second-order valence-electron chi connectivity index (χ2n) is 4.77. The van der Waals surface area contributed by atoms with Gasteiger partial charge in [-0.2, -0.15) is 0 Å². The number of amides is 1. The van der Waals surface area contributed by atoms with Crippen molar-refractivity contribution in [2.45, 2.75) is 13.0 Å². The number of hydrogen-bond acceptors (Lipinski definition) is 4. The molecule has 1 atom stereocenters. The number of nitrogens with one attached hydrogen (secondary N) is 1. The minimum atomic E-state index is -0.694. The van der Waals surface area contributed by atoms with E-state index in [4.69, 9.17) is 25.8 Å². The highest BCUT2D eigenvalue weighted by molar-refractivity contribution is 6.30. The van der Waals surface area contributed by atoms with E-state index in [1.54, 1.807) is 56.5 Å². The normalized spacial score (nSPS) is 11.5. The molecule has 23 heavy (non-hydrogen) atoms. The molecule has 6 heteroatoms. The van der Waals surface area contributed by atoms with Gasteiger partial charge in [0.2, 0.25) is 0 Å². The van der Waals surface area contributed by atoms with E-state index in [0.717, 1.165) is 0 Å². The Hall–Kier alpha value is -2.40. The first-order valence-electron chi connectivity index (χ1n) is 6.98. The molecule has 0 spiro atoms. The second-order valence-corrected chi connectivity index (χ2v) is 5.21. The standard InChI is InChI=1S/C17H18ClNO4/c1-11(23-14-6-4-5-12(18)9-14)17(20)19-15-8-7-13(21-2)10-16(15)22-3/h4-11H,1-3H3,(H,19,20)/t11-/m1/s1. The summed E-state index contributed by atoms with van der Waals surface area (Å²) < 4.78 is 16.0. The molecule has 0 saturated heterocycles. The summed E-state index contributed by atoms with van der Waals surface area (Å²) in [6.45, 7) is 1.66. The van der Waals surface area contributed by atoms with Gasteiger partial charge < -0.3 is 19.5 Å². The third-order valence-electron chi connectivity index (χ3n) is 3.14. The lowest BCUT2D eigenvalue weighted by Crippen LogP contribution is -2.30. The Morgan fingerprint density at radius 2 is 1.87 bits per heavy atom. The third-order valence-corrected chi connectivity index (χ3v) is 3.38. The molecule has 2 rings (SSSR count). The van der Waals surface area contributed by atoms with Crippen molar-refractivity contribution in [1.82, 2.24) is 0 Å². The van der Waals surface area contributed by atoms with Crippen LogP contribution in [0.5, 0.6) is 17.2 Å². The molecule has 1 N–H and O–H groups in total. The van der Waals surface area contributed by atoms with Gasteiger partial charge in [-0.3, -0.25) is 4.79 Å². The number of carbonyl (C=O) groups excluding carboxylic acids is 1. The van der Waals surface area contributed by atoms with Gasteiger partial charge in [-0.25, -0.2) is 0 Å². The number of methoxy groups -OCH3 is 2. The number of halogens is 1. The highest BCUT2D eigenvalue weighted by atomic mass is 35.5. The second kappa shape index (κ2) is 7.74. The summed E-state index contributed by atoms with van der Waals surface area (Å²) in [5, 5.41) is 3.32. The van der Waals surface area contributed by atoms with E-state index < -0.39 is 6.10 Å². The van der Waals surface area contributed by atoms with Gasteiger partial charge in [-0.15, -0.1) is 0 Å². The average molecular weight is 336 g/mol. The van der Waals surface area contributed by atoms with E-state index in [9.17, 15) is 4.79 Å². The Morgan fingerprint density at radius 1 is 1.09 bits per heavy atom. The molecule has 5 nitrogen and oxygen atoms in total. The summed E-state index contributed by atoms with van der Waals surface area (Å²) in [4.78, 5) is 12.3. The average Bonchev–Trinajstić information content (AvgIpc) is 2.55. The van der Waals surface area contributed by atoms with Crippen molar-refractivity contribution in [2.24, 2.45) is 0 Å². The fraction of sp³-hybridized carbons (Fsp3) is 0.235. The van der Waals surface area contributed by atoms with Crippen LogP contribution in [0.25, 0.3) is 0 Å². The summed E-state index contributed by atoms with van der Waals surface area (Å²) in [5.74, 6) is 1.38. The van der Waals surface area contributed by atoms with Gasteiger partial charge in [0.05, 0.1) is 19.9 Å². The van der Waals surface area contributed by atoms with Crippen molar-refractivity contribution in [3.8, 4) is 17.2 Å². The Labute approximate surface area is 140 Å². The maximum absolute atomic E-state index is 12.3. The molecule has 0 aliphatic carbocycles. The summed E-state index contributed by atoms with van der Waals surface area (Å²) in [6, 6.07) is 12.0. The first-order chi connectivity index (χ1) is 11.0. The number of anilines is 1. The van der Waals surface area contributed by atoms with Crippen molar-refractivity contribution in [1.29, 1.82) is 0 Å². The zero-order valence-electron chi connectivity index (χ0n) is 13.1. The van der Waals surface area contributed by atoms with Crippen molar-refractivity contribution in [3.05, 3.63) is 47.5 Å². The van der Waals surface area contributed by atoms with Crippen molar-refractivity contribution in [3.63, 3.8) is 0 Å². The van der Waals surface area contributed by atoms with Crippen molar-refractivity contribution in [2.75, 3.05) is 19.5 Å². The first-order valence-corrected chi connectivity index (χ1v) is 7.36. The van der Waals surface area contributed by atoms with Crippen LogP contribution in [0, 0.1) is 0 Å². The van der Waals surface area contributed by atoms with Gasteiger partial charge in [0.25, 0.3) is 5.91 Å². The quantitative estimate of drug-likeness (QED) is 0.873. The zero-order chi connectivity index (χ0) is 16.8. The summed E-state index contributed by atoms with van der Waals surface area (Å²) in [7, 11) is 3.09. The van der Waals surface area contributed by atoms with Crippen LogP contribution in [0.15, 0.2) is 42.5 Å².